The minimum atomic E-state index is 0.377. The third-order valence-corrected chi connectivity index (χ3v) is 4.16. The van der Waals surface area contributed by atoms with Gasteiger partial charge in [0.2, 0.25) is 0 Å². The highest BCUT2D eigenvalue weighted by Crippen LogP contribution is 2.41. The van der Waals surface area contributed by atoms with E-state index in [-0.39, 0.29) is 0 Å². The molecular formula is C13H25NO. The Balaban J connectivity index is 1.78. The third-order valence-electron chi connectivity index (χ3n) is 4.16. The van der Waals surface area contributed by atoms with Crippen molar-refractivity contribution in [2.75, 3.05) is 0 Å². The van der Waals surface area contributed by atoms with Gasteiger partial charge in [0.25, 0.3) is 0 Å². The van der Waals surface area contributed by atoms with Crippen LogP contribution in [0.1, 0.15) is 52.4 Å². The van der Waals surface area contributed by atoms with E-state index in [1.807, 2.05) is 0 Å². The first-order valence-electron chi connectivity index (χ1n) is 6.61. The summed E-state index contributed by atoms with van der Waals surface area (Å²) in [4.78, 5) is 0. The summed E-state index contributed by atoms with van der Waals surface area (Å²) in [6.45, 7) is 4.58. The first-order valence-corrected chi connectivity index (χ1v) is 6.61. The molecule has 2 saturated heterocycles. The second-order valence-electron chi connectivity index (χ2n) is 5.57. The van der Waals surface area contributed by atoms with E-state index in [0.717, 1.165) is 5.92 Å². The number of nitrogens with two attached hydrogens (primary N) is 1. The molecule has 15 heavy (non-hydrogen) atoms. The number of hydrogen-bond donors (Lipinski definition) is 1. The number of ether oxygens (including phenoxy) is 1. The summed E-state index contributed by atoms with van der Waals surface area (Å²) in [6.07, 6.45) is 8.59. The van der Waals surface area contributed by atoms with E-state index in [2.05, 4.69) is 13.8 Å². The normalized spacial score (nSPS) is 38.2. The van der Waals surface area contributed by atoms with Gasteiger partial charge in [-0.1, -0.05) is 26.7 Å². The van der Waals surface area contributed by atoms with Gasteiger partial charge in [-0.05, 0) is 31.6 Å². The van der Waals surface area contributed by atoms with Gasteiger partial charge in [0.15, 0.2) is 0 Å². The van der Waals surface area contributed by atoms with Crippen LogP contribution in [0.2, 0.25) is 0 Å². The van der Waals surface area contributed by atoms with Gasteiger partial charge in [-0.2, -0.15) is 0 Å². The van der Waals surface area contributed by atoms with Crippen molar-refractivity contribution < 1.29 is 4.74 Å². The molecule has 0 aromatic carbocycles. The van der Waals surface area contributed by atoms with Crippen molar-refractivity contribution in [1.82, 2.24) is 0 Å². The van der Waals surface area contributed by atoms with E-state index >= 15 is 0 Å². The number of fused-ring (bicyclic) bond motifs is 2. The van der Waals surface area contributed by atoms with Crippen LogP contribution in [0, 0.1) is 11.8 Å². The molecule has 0 aliphatic carbocycles. The zero-order valence-corrected chi connectivity index (χ0v) is 10.1. The van der Waals surface area contributed by atoms with Crippen LogP contribution in [-0.4, -0.2) is 18.2 Å². The molecule has 0 spiro atoms. The smallest absolute Gasteiger partial charge is 0.0623 e. The Hall–Kier alpha value is -0.0800. The fourth-order valence-corrected chi connectivity index (χ4v) is 3.38. The monoisotopic (exact) mass is 211 g/mol. The molecule has 2 fully saturated rings. The SMILES string of the molecule is CCCC(C)CC(N)C1CC2CCC1O2. The van der Waals surface area contributed by atoms with Crippen LogP contribution < -0.4 is 5.73 Å². The van der Waals surface area contributed by atoms with Crippen LogP contribution in [0.4, 0.5) is 0 Å². The van der Waals surface area contributed by atoms with Crippen molar-refractivity contribution in [1.29, 1.82) is 0 Å². The minimum Gasteiger partial charge on any atom is -0.375 e. The molecule has 2 heterocycles. The molecule has 2 heteroatoms. The highest BCUT2D eigenvalue weighted by molar-refractivity contribution is 4.94. The Morgan fingerprint density at radius 3 is 2.73 bits per heavy atom. The molecule has 0 saturated carbocycles. The molecule has 5 unspecified atom stereocenters. The van der Waals surface area contributed by atoms with Gasteiger partial charge in [0.1, 0.15) is 0 Å². The predicted molar refractivity (Wildman–Crippen MR) is 62.7 cm³/mol. The standard InChI is InChI=1S/C13H25NO/c1-3-4-9(2)7-12(14)11-8-10-5-6-13(11)15-10/h9-13H,3-8,14H2,1-2H3. The Labute approximate surface area is 93.6 Å². The van der Waals surface area contributed by atoms with Crippen molar-refractivity contribution in [3.05, 3.63) is 0 Å². The lowest BCUT2D eigenvalue weighted by molar-refractivity contribution is 0.0868. The summed E-state index contributed by atoms with van der Waals surface area (Å²) in [6, 6.07) is 0.377. The van der Waals surface area contributed by atoms with Gasteiger partial charge in [0, 0.05) is 12.0 Å². The van der Waals surface area contributed by atoms with E-state index in [0.29, 0.717) is 24.2 Å². The molecule has 2 N–H and O–H groups in total. The zero-order chi connectivity index (χ0) is 10.8. The summed E-state index contributed by atoms with van der Waals surface area (Å²) in [5, 5.41) is 0. The fourth-order valence-electron chi connectivity index (χ4n) is 3.38. The first-order chi connectivity index (χ1) is 7.20. The molecule has 2 nitrogen and oxygen atoms in total. The highest BCUT2D eigenvalue weighted by atomic mass is 16.5. The molecule has 2 bridgehead atoms. The van der Waals surface area contributed by atoms with Crippen molar-refractivity contribution in [2.45, 2.75) is 70.6 Å². The molecule has 0 aromatic heterocycles. The quantitative estimate of drug-likeness (QED) is 0.759. The Morgan fingerprint density at radius 2 is 2.20 bits per heavy atom. The topological polar surface area (TPSA) is 35.2 Å². The van der Waals surface area contributed by atoms with Gasteiger partial charge in [-0.25, -0.2) is 0 Å². The molecule has 0 radical (unpaired) electrons. The Kier molecular flexibility index (Phi) is 3.68. The number of rotatable bonds is 5. The van der Waals surface area contributed by atoms with Crippen LogP contribution in [0.25, 0.3) is 0 Å². The van der Waals surface area contributed by atoms with Gasteiger partial charge in [-0.15, -0.1) is 0 Å². The van der Waals surface area contributed by atoms with Crippen LogP contribution in [-0.2, 0) is 4.74 Å². The lowest BCUT2D eigenvalue weighted by atomic mass is 9.80. The maximum atomic E-state index is 6.32. The Morgan fingerprint density at radius 1 is 1.40 bits per heavy atom. The lowest BCUT2D eigenvalue weighted by Crippen LogP contribution is -2.37. The summed E-state index contributed by atoms with van der Waals surface area (Å²) in [5.74, 6) is 1.44. The van der Waals surface area contributed by atoms with Gasteiger partial charge in [-0.3, -0.25) is 0 Å². The largest absolute Gasteiger partial charge is 0.375 e. The van der Waals surface area contributed by atoms with Crippen molar-refractivity contribution in [3.63, 3.8) is 0 Å². The number of hydrogen-bond acceptors (Lipinski definition) is 2. The molecule has 2 rings (SSSR count). The van der Waals surface area contributed by atoms with Gasteiger partial charge in [0.05, 0.1) is 12.2 Å². The predicted octanol–water partition coefficient (Wildman–Crippen LogP) is 2.71. The average molecular weight is 211 g/mol. The second-order valence-corrected chi connectivity index (χ2v) is 5.57. The molecule has 2 aliphatic heterocycles. The van der Waals surface area contributed by atoms with Gasteiger partial charge >= 0.3 is 0 Å². The van der Waals surface area contributed by atoms with Crippen LogP contribution in [0.15, 0.2) is 0 Å². The Bertz CT molecular complexity index is 207. The molecule has 2 aliphatic rings. The van der Waals surface area contributed by atoms with Crippen LogP contribution in [0.3, 0.4) is 0 Å². The summed E-state index contributed by atoms with van der Waals surface area (Å²) in [7, 11) is 0. The first kappa shape index (κ1) is 11.4. The maximum absolute atomic E-state index is 6.32. The average Bonchev–Trinajstić information content (AvgIpc) is 2.78. The summed E-state index contributed by atoms with van der Waals surface area (Å²) >= 11 is 0. The summed E-state index contributed by atoms with van der Waals surface area (Å²) < 4.78 is 5.87. The minimum absolute atomic E-state index is 0.377. The fraction of sp³-hybridized carbons (Fsp3) is 1.00. The van der Waals surface area contributed by atoms with E-state index in [1.165, 1.54) is 38.5 Å². The lowest BCUT2D eigenvalue weighted by Gasteiger charge is -2.27. The molecule has 88 valence electrons. The van der Waals surface area contributed by atoms with Gasteiger partial charge < -0.3 is 10.5 Å². The third kappa shape index (κ3) is 2.54. The second kappa shape index (κ2) is 4.84. The van der Waals surface area contributed by atoms with Crippen LogP contribution >= 0.6 is 0 Å². The van der Waals surface area contributed by atoms with Crippen molar-refractivity contribution in [3.8, 4) is 0 Å². The molecule has 0 amide bonds. The zero-order valence-electron chi connectivity index (χ0n) is 10.1. The highest BCUT2D eigenvalue weighted by Gasteiger charge is 2.43. The van der Waals surface area contributed by atoms with E-state index in [1.54, 1.807) is 0 Å². The van der Waals surface area contributed by atoms with E-state index < -0.39 is 0 Å². The molecular weight excluding hydrogens is 186 g/mol. The maximum Gasteiger partial charge on any atom is 0.0623 e. The van der Waals surface area contributed by atoms with Crippen LogP contribution in [0.5, 0.6) is 0 Å². The molecule has 0 aromatic rings. The van der Waals surface area contributed by atoms with Crippen molar-refractivity contribution >= 4 is 0 Å². The van der Waals surface area contributed by atoms with E-state index in [9.17, 15) is 0 Å². The van der Waals surface area contributed by atoms with E-state index in [4.69, 9.17) is 10.5 Å². The molecule has 5 atom stereocenters. The summed E-state index contributed by atoms with van der Waals surface area (Å²) in [5.41, 5.74) is 6.32. The van der Waals surface area contributed by atoms with Crippen molar-refractivity contribution in [2.24, 2.45) is 17.6 Å².